The Kier molecular flexibility index (Phi) is 4.12. The fourth-order valence-electron chi connectivity index (χ4n) is 2.57. The number of fused-ring (bicyclic) bond motifs is 1. The fourth-order valence-corrected chi connectivity index (χ4v) is 3.84. The van der Waals surface area contributed by atoms with Gasteiger partial charge in [-0.15, -0.1) is 0 Å². The van der Waals surface area contributed by atoms with Gasteiger partial charge in [-0.25, -0.2) is 0 Å². The highest BCUT2D eigenvalue weighted by Gasteiger charge is 2.25. The first-order valence-electron chi connectivity index (χ1n) is 7.18. The van der Waals surface area contributed by atoms with E-state index in [1.165, 1.54) is 0 Å². The van der Waals surface area contributed by atoms with Gasteiger partial charge in [0.2, 0.25) is 0 Å². The summed E-state index contributed by atoms with van der Waals surface area (Å²) in [5.41, 5.74) is 1.64. The van der Waals surface area contributed by atoms with Crippen molar-refractivity contribution in [2.75, 3.05) is 6.61 Å². The van der Waals surface area contributed by atoms with Crippen LogP contribution in [0.3, 0.4) is 0 Å². The van der Waals surface area contributed by atoms with Crippen LogP contribution < -0.4 is 5.30 Å². The quantitative estimate of drug-likeness (QED) is 0.728. The normalized spacial score (nSPS) is 13.9. The fraction of sp³-hybridized carbons (Fsp3) is 0.111. The SMILES string of the molecule is CCOP(=O)(O)c1ccccc1-c1ccc2ccccc2c1. The molecule has 0 aliphatic heterocycles. The molecule has 3 rings (SSSR count). The minimum atomic E-state index is -3.81. The van der Waals surface area contributed by atoms with E-state index in [-0.39, 0.29) is 6.61 Å². The summed E-state index contributed by atoms with van der Waals surface area (Å²) in [6, 6.07) is 21.2. The third-order valence-corrected chi connectivity index (χ3v) is 5.18. The van der Waals surface area contributed by atoms with Gasteiger partial charge in [-0.05, 0) is 41.0 Å². The molecule has 0 aliphatic carbocycles. The summed E-state index contributed by atoms with van der Waals surface area (Å²) < 4.78 is 17.5. The zero-order valence-corrected chi connectivity index (χ0v) is 13.2. The van der Waals surface area contributed by atoms with Crippen LogP contribution in [0.4, 0.5) is 0 Å². The average Bonchev–Trinajstić information content (AvgIpc) is 2.54. The maximum absolute atomic E-state index is 12.4. The maximum Gasteiger partial charge on any atom is 0.359 e. The van der Waals surface area contributed by atoms with E-state index < -0.39 is 7.60 Å². The van der Waals surface area contributed by atoms with E-state index in [9.17, 15) is 9.46 Å². The lowest BCUT2D eigenvalue weighted by Crippen LogP contribution is -2.10. The second-order valence-electron chi connectivity index (χ2n) is 5.02. The van der Waals surface area contributed by atoms with E-state index in [2.05, 4.69) is 0 Å². The van der Waals surface area contributed by atoms with E-state index >= 15 is 0 Å². The lowest BCUT2D eigenvalue weighted by atomic mass is 10.0. The molecular formula is C18H17O3P. The summed E-state index contributed by atoms with van der Waals surface area (Å²) in [6.07, 6.45) is 0. The second-order valence-corrected chi connectivity index (χ2v) is 6.80. The van der Waals surface area contributed by atoms with E-state index in [1.807, 2.05) is 54.6 Å². The van der Waals surface area contributed by atoms with Crippen LogP contribution in [-0.4, -0.2) is 11.5 Å². The van der Waals surface area contributed by atoms with Crippen molar-refractivity contribution in [3.05, 3.63) is 66.7 Å². The Bertz CT molecular complexity index is 858. The summed E-state index contributed by atoms with van der Waals surface area (Å²) in [5.74, 6) is 0. The van der Waals surface area contributed by atoms with Crippen molar-refractivity contribution < 1.29 is 14.0 Å². The van der Waals surface area contributed by atoms with Crippen LogP contribution >= 0.6 is 7.60 Å². The standard InChI is InChI=1S/C18H17O3P/c1-2-21-22(19,20)18-10-6-5-9-17(18)16-12-11-14-7-3-4-8-15(14)13-16/h3-13H,2H2,1H3,(H,19,20). The van der Waals surface area contributed by atoms with Crippen LogP contribution in [-0.2, 0) is 9.09 Å². The van der Waals surface area contributed by atoms with E-state index in [0.717, 1.165) is 21.9 Å². The van der Waals surface area contributed by atoms with Gasteiger partial charge >= 0.3 is 7.60 Å². The first-order valence-corrected chi connectivity index (χ1v) is 8.75. The summed E-state index contributed by atoms with van der Waals surface area (Å²) in [4.78, 5) is 10.2. The molecule has 3 nitrogen and oxygen atoms in total. The van der Waals surface area contributed by atoms with Crippen molar-refractivity contribution in [3.63, 3.8) is 0 Å². The van der Waals surface area contributed by atoms with Crippen LogP contribution in [0.15, 0.2) is 66.7 Å². The molecule has 0 fully saturated rings. The number of hydrogen-bond donors (Lipinski definition) is 1. The molecule has 4 heteroatoms. The largest absolute Gasteiger partial charge is 0.359 e. The highest BCUT2D eigenvalue weighted by Crippen LogP contribution is 2.43. The molecule has 0 spiro atoms. The molecule has 3 aromatic carbocycles. The second kappa shape index (κ2) is 6.05. The minimum Gasteiger partial charge on any atom is -0.321 e. The van der Waals surface area contributed by atoms with Crippen molar-refractivity contribution in [1.82, 2.24) is 0 Å². The van der Waals surface area contributed by atoms with E-state index in [1.54, 1.807) is 19.1 Å². The maximum atomic E-state index is 12.4. The zero-order valence-electron chi connectivity index (χ0n) is 12.3. The van der Waals surface area contributed by atoms with Crippen molar-refractivity contribution >= 4 is 23.7 Å². The molecule has 0 bridgehead atoms. The zero-order chi connectivity index (χ0) is 15.6. The molecule has 0 heterocycles. The highest BCUT2D eigenvalue weighted by molar-refractivity contribution is 7.61. The topological polar surface area (TPSA) is 46.5 Å². The first-order chi connectivity index (χ1) is 10.6. The minimum absolute atomic E-state index is 0.194. The predicted octanol–water partition coefficient (Wildman–Crippen LogP) is 4.35. The molecule has 0 saturated carbocycles. The lowest BCUT2D eigenvalue weighted by Gasteiger charge is -2.15. The molecule has 112 valence electrons. The van der Waals surface area contributed by atoms with Gasteiger partial charge in [0.05, 0.1) is 11.9 Å². The molecule has 1 atom stereocenters. The molecule has 0 amide bonds. The van der Waals surface area contributed by atoms with Crippen LogP contribution in [0.25, 0.3) is 21.9 Å². The van der Waals surface area contributed by atoms with Crippen LogP contribution in [0, 0.1) is 0 Å². The molecule has 0 saturated heterocycles. The van der Waals surface area contributed by atoms with Crippen molar-refractivity contribution in [2.45, 2.75) is 6.92 Å². The van der Waals surface area contributed by atoms with Gasteiger partial charge in [-0.3, -0.25) is 4.57 Å². The molecule has 3 aromatic rings. The summed E-state index contributed by atoms with van der Waals surface area (Å²) in [5, 5.41) is 2.58. The summed E-state index contributed by atoms with van der Waals surface area (Å²) >= 11 is 0. The van der Waals surface area contributed by atoms with Gasteiger partial charge in [0, 0.05) is 0 Å². The van der Waals surface area contributed by atoms with Gasteiger partial charge in [-0.2, -0.15) is 0 Å². The number of benzene rings is 3. The Balaban J connectivity index is 2.16. The smallest absolute Gasteiger partial charge is 0.321 e. The molecule has 1 N–H and O–H groups in total. The van der Waals surface area contributed by atoms with Crippen LogP contribution in [0.5, 0.6) is 0 Å². The van der Waals surface area contributed by atoms with E-state index in [0.29, 0.717) is 5.30 Å². The van der Waals surface area contributed by atoms with Gasteiger partial charge in [-0.1, -0.05) is 54.6 Å². The monoisotopic (exact) mass is 312 g/mol. The molecule has 22 heavy (non-hydrogen) atoms. The number of hydrogen-bond acceptors (Lipinski definition) is 2. The van der Waals surface area contributed by atoms with Gasteiger partial charge in [0.1, 0.15) is 0 Å². The average molecular weight is 312 g/mol. The Labute approximate surface area is 129 Å². The molecule has 0 aliphatic rings. The third kappa shape index (κ3) is 2.84. The van der Waals surface area contributed by atoms with Gasteiger partial charge in [0.15, 0.2) is 0 Å². The highest BCUT2D eigenvalue weighted by atomic mass is 31.2. The number of rotatable bonds is 4. The Morgan fingerprint density at radius 2 is 1.64 bits per heavy atom. The van der Waals surface area contributed by atoms with Gasteiger partial charge in [0.25, 0.3) is 0 Å². The molecule has 1 unspecified atom stereocenters. The van der Waals surface area contributed by atoms with Crippen LogP contribution in [0.1, 0.15) is 6.92 Å². The molecule has 0 aromatic heterocycles. The lowest BCUT2D eigenvalue weighted by molar-refractivity contribution is 0.284. The van der Waals surface area contributed by atoms with E-state index in [4.69, 9.17) is 4.52 Å². The Hall–Kier alpha value is -1.93. The molecular weight excluding hydrogens is 295 g/mol. The predicted molar refractivity (Wildman–Crippen MR) is 90.5 cm³/mol. The van der Waals surface area contributed by atoms with Gasteiger partial charge < -0.3 is 9.42 Å². The van der Waals surface area contributed by atoms with Crippen molar-refractivity contribution in [2.24, 2.45) is 0 Å². The Morgan fingerprint density at radius 1 is 0.955 bits per heavy atom. The Morgan fingerprint density at radius 3 is 2.41 bits per heavy atom. The molecule has 0 radical (unpaired) electrons. The van der Waals surface area contributed by atoms with Crippen molar-refractivity contribution in [1.29, 1.82) is 0 Å². The summed E-state index contributed by atoms with van der Waals surface area (Å²) in [7, 11) is -3.81. The first kappa shape index (κ1) is 15.0. The van der Waals surface area contributed by atoms with Crippen LogP contribution in [0.2, 0.25) is 0 Å². The summed E-state index contributed by atoms with van der Waals surface area (Å²) in [6.45, 7) is 1.90. The third-order valence-electron chi connectivity index (χ3n) is 3.57. The van der Waals surface area contributed by atoms with Crippen molar-refractivity contribution in [3.8, 4) is 11.1 Å².